The molecule has 2 rings (SSSR count). The SMILES string of the molecule is Cc1sc(NC(=O)COc2ccc(Cl)cc2Cl)c(C(=O)O)c1C. The zero-order valence-corrected chi connectivity index (χ0v) is 14.6. The summed E-state index contributed by atoms with van der Waals surface area (Å²) in [7, 11) is 0. The number of carbonyl (C=O) groups excluding carboxylic acids is 1. The molecule has 2 aromatic rings. The molecule has 0 spiro atoms. The molecule has 0 saturated carbocycles. The third-order valence-corrected chi connectivity index (χ3v) is 4.76. The van der Waals surface area contributed by atoms with Gasteiger partial charge in [0, 0.05) is 9.90 Å². The van der Waals surface area contributed by atoms with E-state index in [4.69, 9.17) is 27.9 Å². The highest BCUT2D eigenvalue weighted by Gasteiger charge is 2.20. The number of aromatic carboxylic acids is 1. The average Bonchev–Trinajstić information content (AvgIpc) is 2.72. The van der Waals surface area contributed by atoms with Crippen LogP contribution in [0.25, 0.3) is 0 Å². The topological polar surface area (TPSA) is 75.6 Å². The predicted molar refractivity (Wildman–Crippen MR) is 91.3 cm³/mol. The Kier molecular flexibility index (Phi) is 5.51. The molecule has 0 aliphatic rings. The summed E-state index contributed by atoms with van der Waals surface area (Å²) in [6, 6.07) is 4.65. The van der Waals surface area contributed by atoms with E-state index in [1.54, 1.807) is 26.0 Å². The summed E-state index contributed by atoms with van der Waals surface area (Å²) < 4.78 is 5.32. The van der Waals surface area contributed by atoms with Crippen molar-refractivity contribution in [1.29, 1.82) is 0 Å². The molecule has 8 heteroatoms. The second-order valence-electron chi connectivity index (χ2n) is 4.70. The summed E-state index contributed by atoms with van der Waals surface area (Å²) in [6.45, 7) is 3.21. The normalized spacial score (nSPS) is 10.4. The Balaban J connectivity index is 2.06. The number of thiophene rings is 1. The van der Waals surface area contributed by atoms with E-state index in [1.807, 2.05) is 0 Å². The zero-order chi connectivity index (χ0) is 17.1. The van der Waals surface area contributed by atoms with Crippen LogP contribution < -0.4 is 10.1 Å². The third kappa shape index (κ3) is 4.16. The molecule has 5 nitrogen and oxygen atoms in total. The fourth-order valence-electron chi connectivity index (χ4n) is 1.87. The molecule has 0 radical (unpaired) electrons. The maximum atomic E-state index is 12.0. The van der Waals surface area contributed by atoms with Gasteiger partial charge in [0.05, 0.1) is 10.6 Å². The molecule has 0 aliphatic carbocycles. The number of amides is 1. The van der Waals surface area contributed by atoms with Gasteiger partial charge in [0.15, 0.2) is 6.61 Å². The van der Waals surface area contributed by atoms with Crippen molar-refractivity contribution in [2.45, 2.75) is 13.8 Å². The number of ether oxygens (including phenoxy) is 1. The third-order valence-electron chi connectivity index (χ3n) is 3.10. The Labute approximate surface area is 146 Å². The minimum Gasteiger partial charge on any atom is -0.482 e. The Morgan fingerprint density at radius 3 is 2.61 bits per heavy atom. The summed E-state index contributed by atoms with van der Waals surface area (Å²) in [5.74, 6) is -1.23. The molecule has 0 fully saturated rings. The molecule has 0 aliphatic heterocycles. The van der Waals surface area contributed by atoms with Crippen molar-refractivity contribution in [3.63, 3.8) is 0 Å². The Morgan fingerprint density at radius 2 is 2.00 bits per heavy atom. The first-order valence-corrected chi connectivity index (χ1v) is 8.07. The van der Waals surface area contributed by atoms with Gasteiger partial charge < -0.3 is 15.2 Å². The van der Waals surface area contributed by atoms with E-state index in [-0.39, 0.29) is 12.2 Å². The van der Waals surface area contributed by atoms with Crippen LogP contribution in [0.5, 0.6) is 5.75 Å². The number of rotatable bonds is 5. The standard InChI is InChI=1S/C15H13Cl2NO4S/c1-7-8(2)23-14(13(7)15(20)21)18-12(19)6-22-11-4-3-9(16)5-10(11)17/h3-5H,6H2,1-2H3,(H,18,19)(H,20,21). The molecule has 23 heavy (non-hydrogen) atoms. The maximum Gasteiger partial charge on any atom is 0.338 e. The molecular formula is C15H13Cl2NO4S. The lowest BCUT2D eigenvalue weighted by Crippen LogP contribution is -2.21. The van der Waals surface area contributed by atoms with Gasteiger partial charge in [-0.2, -0.15) is 0 Å². The molecule has 1 aromatic carbocycles. The number of hydrogen-bond acceptors (Lipinski definition) is 4. The van der Waals surface area contributed by atoms with E-state index in [1.165, 1.54) is 17.4 Å². The van der Waals surface area contributed by atoms with Gasteiger partial charge in [-0.15, -0.1) is 11.3 Å². The highest BCUT2D eigenvalue weighted by atomic mass is 35.5. The van der Waals surface area contributed by atoms with Gasteiger partial charge in [0.25, 0.3) is 5.91 Å². The van der Waals surface area contributed by atoms with Gasteiger partial charge in [-0.3, -0.25) is 4.79 Å². The van der Waals surface area contributed by atoms with Crippen molar-refractivity contribution in [3.05, 3.63) is 44.2 Å². The van der Waals surface area contributed by atoms with E-state index in [0.29, 0.717) is 26.4 Å². The Hall–Kier alpha value is -1.76. The van der Waals surface area contributed by atoms with E-state index < -0.39 is 11.9 Å². The van der Waals surface area contributed by atoms with Crippen LogP contribution in [0.4, 0.5) is 5.00 Å². The van der Waals surface area contributed by atoms with Gasteiger partial charge in [0.1, 0.15) is 10.8 Å². The zero-order valence-electron chi connectivity index (χ0n) is 12.3. The lowest BCUT2D eigenvalue weighted by molar-refractivity contribution is -0.118. The minimum absolute atomic E-state index is 0.102. The lowest BCUT2D eigenvalue weighted by atomic mass is 10.1. The van der Waals surface area contributed by atoms with Crippen LogP contribution >= 0.6 is 34.5 Å². The highest BCUT2D eigenvalue weighted by molar-refractivity contribution is 7.16. The molecule has 1 heterocycles. The largest absolute Gasteiger partial charge is 0.482 e. The Bertz CT molecular complexity index is 773. The van der Waals surface area contributed by atoms with Crippen molar-refractivity contribution >= 4 is 51.4 Å². The molecule has 0 saturated heterocycles. The average molecular weight is 374 g/mol. The number of carboxylic acids is 1. The molecule has 0 atom stereocenters. The van der Waals surface area contributed by atoms with Crippen molar-refractivity contribution in [2.24, 2.45) is 0 Å². The molecule has 1 amide bonds. The predicted octanol–water partition coefficient (Wildman–Crippen LogP) is 4.39. The van der Waals surface area contributed by atoms with Crippen molar-refractivity contribution < 1.29 is 19.4 Å². The summed E-state index contributed by atoms with van der Waals surface area (Å²) in [5, 5.41) is 12.8. The summed E-state index contributed by atoms with van der Waals surface area (Å²) in [5.41, 5.74) is 0.741. The van der Waals surface area contributed by atoms with Crippen LogP contribution in [0.3, 0.4) is 0 Å². The van der Waals surface area contributed by atoms with Gasteiger partial charge in [0.2, 0.25) is 0 Å². The van der Waals surface area contributed by atoms with Gasteiger partial charge >= 0.3 is 5.97 Å². The first-order valence-electron chi connectivity index (χ1n) is 6.50. The molecule has 0 bridgehead atoms. The number of aryl methyl sites for hydroxylation is 1. The smallest absolute Gasteiger partial charge is 0.338 e. The Morgan fingerprint density at radius 1 is 1.30 bits per heavy atom. The number of halogens is 2. The lowest BCUT2D eigenvalue weighted by Gasteiger charge is -2.08. The van der Waals surface area contributed by atoms with Crippen molar-refractivity contribution in [2.75, 3.05) is 11.9 Å². The number of hydrogen-bond donors (Lipinski definition) is 2. The van der Waals surface area contributed by atoms with Gasteiger partial charge in [-0.05, 0) is 37.6 Å². The second kappa shape index (κ2) is 7.21. The number of carboxylic acid groups (broad SMARTS) is 1. The molecule has 1 aromatic heterocycles. The molecule has 122 valence electrons. The van der Waals surface area contributed by atoms with E-state index >= 15 is 0 Å². The number of nitrogens with one attached hydrogen (secondary N) is 1. The van der Waals surface area contributed by atoms with Crippen molar-refractivity contribution in [1.82, 2.24) is 0 Å². The monoisotopic (exact) mass is 373 g/mol. The number of anilines is 1. The summed E-state index contributed by atoms with van der Waals surface area (Å²) >= 11 is 12.9. The molecule has 0 unspecified atom stereocenters. The fourth-order valence-corrected chi connectivity index (χ4v) is 3.40. The fraction of sp³-hybridized carbons (Fsp3) is 0.200. The van der Waals surface area contributed by atoms with Crippen LogP contribution in [0.2, 0.25) is 10.0 Å². The summed E-state index contributed by atoms with van der Waals surface area (Å²) in [6.07, 6.45) is 0. The first-order chi connectivity index (χ1) is 10.8. The van der Waals surface area contributed by atoms with Crippen LogP contribution in [0.1, 0.15) is 20.8 Å². The molecule has 2 N–H and O–H groups in total. The second-order valence-corrected chi connectivity index (χ2v) is 6.77. The van der Waals surface area contributed by atoms with Gasteiger partial charge in [-0.1, -0.05) is 23.2 Å². The number of benzene rings is 1. The van der Waals surface area contributed by atoms with Crippen LogP contribution in [-0.2, 0) is 4.79 Å². The molecular weight excluding hydrogens is 361 g/mol. The van der Waals surface area contributed by atoms with E-state index in [0.717, 1.165) is 4.88 Å². The summed E-state index contributed by atoms with van der Waals surface area (Å²) in [4.78, 5) is 24.1. The maximum absolute atomic E-state index is 12.0. The highest BCUT2D eigenvalue weighted by Crippen LogP contribution is 2.32. The van der Waals surface area contributed by atoms with Gasteiger partial charge in [-0.25, -0.2) is 4.79 Å². The number of carbonyl (C=O) groups is 2. The van der Waals surface area contributed by atoms with Crippen molar-refractivity contribution in [3.8, 4) is 5.75 Å². The first kappa shape index (κ1) is 17.6. The van der Waals surface area contributed by atoms with Crippen LogP contribution in [0, 0.1) is 13.8 Å². The minimum atomic E-state index is -1.08. The van der Waals surface area contributed by atoms with Crippen LogP contribution in [-0.4, -0.2) is 23.6 Å². The van der Waals surface area contributed by atoms with E-state index in [9.17, 15) is 14.7 Å². The van der Waals surface area contributed by atoms with Crippen LogP contribution in [0.15, 0.2) is 18.2 Å². The quantitative estimate of drug-likeness (QED) is 0.814. The van der Waals surface area contributed by atoms with E-state index in [2.05, 4.69) is 5.32 Å².